The van der Waals surface area contributed by atoms with Crippen LogP contribution in [0, 0.1) is 0 Å². The van der Waals surface area contributed by atoms with Gasteiger partial charge in [-0.25, -0.2) is 9.98 Å². The largest absolute Gasteiger partial charge is 0.495 e. The average Bonchev–Trinajstić information content (AvgIpc) is 2.77. The Kier molecular flexibility index (Phi) is 9.30. The van der Waals surface area contributed by atoms with Gasteiger partial charge in [0.2, 0.25) is 5.88 Å². The highest BCUT2D eigenvalue weighted by molar-refractivity contribution is 14.0. The van der Waals surface area contributed by atoms with Crippen molar-refractivity contribution in [2.24, 2.45) is 4.99 Å². The fraction of sp³-hybridized carbons (Fsp3) is 0.429. The number of aromatic nitrogens is 1. The minimum atomic E-state index is 0. The molecular formula is C21H30IN5O2. The lowest BCUT2D eigenvalue weighted by atomic mass is 10.2. The van der Waals surface area contributed by atoms with Crippen molar-refractivity contribution in [3.8, 4) is 11.6 Å². The Morgan fingerprint density at radius 2 is 1.83 bits per heavy atom. The van der Waals surface area contributed by atoms with E-state index in [2.05, 4.69) is 39.2 Å². The van der Waals surface area contributed by atoms with E-state index in [1.54, 1.807) is 14.2 Å². The van der Waals surface area contributed by atoms with Gasteiger partial charge in [-0.15, -0.1) is 24.0 Å². The molecule has 0 bridgehead atoms. The van der Waals surface area contributed by atoms with E-state index in [0.29, 0.717) is 12.4 Å². The Labute approximate surface area is 190 Å². The van der Waals surface area contributed by atoms with Crippen molar-refractivity contribution in [3.05, 3.63) is 48.2 Å². The Hall–Kier alpha value is -2.23. The molecule has 1 N–H and O–H groups in total. The standard InChI is InChI=1S/C21H29N5O2.HI/c1-4-22-21(24-16-17-9-10-20(28-3)23-15-17)26-13-11-25(12-14-26)18-7-5-6-8-19(18)27-2;/h5-10,15H,4,11-14,16H2,1-3H3,(H,22,24);1H. The number of piperazine rings is 1. The molecule has 158 valence electrons. The molecule has 2 aromatic rings. The van der Waals surface area contributed by atoms with E-state index >= 15 is 0 Å². The molecule has 0 saturated carbocycles. The molecule has 3 rings (SSSR count). The zero-order valence-corrected chi connectivity index (χ0v) is 19.6. The van der Waals surface area contributed by atoms with Gasteiger partial charge in [0.1, 0.15) is 5.75 Å². The molecule has 0 aliphatic carbocycles. The number of ether oxygens (including phenoxy) is 2. The number of nitrogens with zero attached hydrogens (tertiary/aromatic N) is 4. The second-order valence-corrected chi connectivity index (χ2v) is 6.52. The second-order valence-electron chi connectivity index (χ2n) is 6.52. The van der Waals surface area contributed by atoms with Crippen molar-refractivity contribution >= 4 is 35.6 Å². The smallest absolute Gasteiger partial charge is 0.212 e. The number of pyridine rings is 1. The monoisotopic (exact) mass is 511 g/mol. The molecule has 1 aliphatic rings. The predicted molar refractivity (Wildman–Crippen MR) is 128 cm³/mol. The first-order valence-electron chi connectivity index (χ1n) is 9.65. The van der Waals surface area contributed by atoms with Crippen LogP contribution in [0.1, 0.15) is 12.5 Å². The summed E-state index contributed by atoms with van der Waals surface area (Å²) in [5.74, 6) is 2.48. The van der Waals surface area contributed by atoms with Gasteiger partial charge in [0.05, 0.1) is 26.5 Å². The lowest BCUT2D eigenvalue weighted by Crippen LogP contribution is -2.52. The first-order chi connectivity index (χ1) is 13.7. The highest BCUT2D eigenvalue weighted by atomic mass is 127. The van der Waals surface area contributed by atoms with Crippen LogP contribution in [0.5, 0.6) is 11.6 Å². The summed E-state index contributed by atoms with van der Waals surface area (Å²) in [5.41, 5.74) is 2.21. The molecule has 2 heterocycles. The lowest BCUT2D eigenvalue weighted by Gasteiger charge is -2.38. The van der Waals surface area contributed by atoms with E-state index in [0.717, 1.165) is 55.7 Å². The summed E-state index contributed by atoms with van der Waals surface area (Å²) in [6.07, 6.45) is 1.81. The number of guanidine groups is 1. The molecule has 0 amide bonds. The maximum atomic E-state index is 5.51. The fourth-order valence-corrected chi connectivity index (χ4v) is 3.27. The second kappa shape index (κ2) is 11.7. The summed E-state index contributed by atoms with van der Waals surface area (Å²) < 4.78 is 10.6. The average molecular weight is 511 g/mol. The number of methoxy groups -OCH3 is 2. The third-order valence-corrected chi connectivity index (χ3v) is 4.76. The van der Waals surface area contributed by atoms with Crippen LogP contribution in [-0.2, 0) is 6.54 Å². The van der Waals surface area contributed by atoms with Gasteiger partial charge in [0.15, 0.2) is 5.96 Å². The molecule has 29 heavy (non-hydrogen) atoms. The SMILES string of the molecule is CCNC(=NCc1ccc(OC)nc1)N1CCN(c2ccccc2OC)CC1.I. The number of hydrogen-bond acceptors (Lipinski definition) is 5. The zero-order valence-electron chi connectivity index (χ0n) is 17.3. The number of aliphatic imine (C=N–C) groups is 1. The molecule has 1 fully saturated rings. The van der Waals surface area contributed by atoms with Gasteiger partial charge in [-0.1, -0.05) is 18.2 Å². The summed E-state index contributed by atoms with van der Waals surface area (Å²) in [4.78, 5) is 13.7. The Balaban J connectivity index is 0.00000300. The van der Waals surface area contributed by atoms with Gasteiger partial charge in [0, 0.05) is 45.0 Å². The molecule has 0 radical (unpaired) electrons. The topological polar surface area (TPSA) is 62.2 Å². The quantitative estimate of drug-likeness (QED) is 0.366. The molecule has 7 nitrogen and oxygen atoms in total. The van der Waals surface area contributed by atoms with Crippen LogP contribution < -0.4 is 19.7 Å². The van der Waals surface area contributed by atoms with Crippen LogP contribution in [-0.4, -0.2) is 62.8 Å². The molecule has 0 spiro atoms. The lowest BCUT2D eigenvalue weighted by molar-refractivity contribution is 0.367. The Morgan fingerprint density at radius 1 is 1.07 bits per heavy atom. The number of rotatable bonds is 6. The number of nitrogens with one attached hydrogen (secondary N) is 1. The van der Waals surface area contributed by atoms with Crippen LogP contribution in [0.4, 0.5) is 5.69 Å². The minimum absolute atomic E-state index is 0. The molecule has 8 heteroatoms. The van der Waals surface area contributed by atoms with Crippen molar-refractivity contribution < 1.29 is 9.47 Å². The van der Waals surface area contributed by atoms with Crippen LogP contribution in [0.3, 0.4) is 0 Å². The zero-order chi connectivity index (χ0) is 19.8. The first kappa shape index (κ1) is 23.1. The van der Waals surface area contributed by atoms with E-state index in [-0.39, 0.29) is 24.0 Å². The van der Waals surface area contributed by atoms with Crippen LogP contribution in [0.25, 0.3) is 0 Å². The summed E-state index contributed by atoms with van der Waals surface area (Å²) in [7, 11) is 3.34. The predicted octanol–water partition coefficient (Wildman–Crippen LogP) is 3.00. The van der Waals surface area contributed by atoms with E-state index in [4.69, 9.17) is 14.5 Å². The van der Waals surface area contributed by atoms with Gasteiger partial charge >= 0.3 is 0 Å². The highest BCUT2D eigenvalue weighted by Crippen LogP contribution is 2.28. The fourth-order valence-electron chi connectivity index (χ4n) is 3.27. The van der Waals surface area contributed by atoms with Crippen molar-refractivity contribution in [1.29, 1.82) is 0 Å². The van der Waals surface area contributed by atoms with E-state index in [1.807, 2.05) is 30.5 Å². The molecule has 1 aromatic heterocycles. The van der Waals surface area contributed by atoms with E-state index in [1.165, 1.54) is 0 Å². The van der Waals surface area contributed by atoms with Gasteiger partial charge in [-0.3, -0.25) is 0 Å². The molecule has 0 atom stereocenters. The third-order valence-electron chi connectivity index (χ3n) is 4.76. The molecule has 1 saturated heterocycles. The van der Waals surface area contributed by atoms with Gasteiger partial charge in [-0.05, 0) is 24.6 Å². The summed E-state index contributed by atoms with van der Waals surface area (Å²) in [6.45, 7) is 7.19. The van der Waals surface area contributed by atoms with Crippen LogP contribution in [0.15, 0.2) is 47.6 Å². The Bertz CT molecular complexity index is 777. The summed E-state index contributed by atoms with van der Waals surface area (Å²) in [6, 6.07) is 12.0. The summed E-state index contributed by atoms with van der Waals surface area (Å²) in [5, 5.41) is 3.41. The molecular weight excluding hydrogens is 481 g/mol. The molecule has 1 aliphatic heterocycles. The minimum Gasteiger partial charge on any atom is -0.495 e. The number of anilines is 1. The molecule has 1 aromatic carbocycles. The van der Waals surface area contributed by atoms with E-state index in [9.17, 15) is 0 Å². The van der Waals surface area contributed by atoms with Crippen LogP contribution >= 0.6 is 24.0 Å². The summed E-state index contributed by atoms with van der Waals surface area (Å²) >= 11 is 0. The maximum Gasteiger partial charge on any atom is 0.212 e. The highest BCUT2D eigenvalue weighted by Gasteiger charge is 2.21. The van der Waals surface area contributed by atoms with E-state index < -0.39 is 0 Å². The van der Waals surface area contributed by atoms with Crippen molar-refractivity contribution in [1.82, 2.24) is 15.2 Å². The van der Waals surface area contributed by atoms with Gasteiger partial charge < -0.3 is 24.6 Å². The molecule has 0 unspecified atom stereocenters. The number of benzene rings is 1. The van der Waals surface area contributed by atoms with Gasteiger partial charge in [-0.2, -0.15) is 0 Å². The Morgan fingerprint density at radius 3 is 2.45 bits per heavy atom. The van der Waals surface area contributed by atoms with Crippen LogP contribution in [0.2, 0.25) is 0 Å². The number of halogens is 1. The number of para-hydroxylation sites is 2. The van der Waals surface area contributed by atoms with Crippen molar-refractivity contribution in [2.75, 3.05) is 51.8 Å². The maximum absolute atomic E-state index is 5.51. The van der Waals surface area contributed by atoms with Crippen molar-refractivity contribution in [2.45, 2.75) is 13.5 Å². The first-order valence-corrected chi connectivity index (χ1v) is 9.65. The number of hydrogen-bond donors (Lipinski definition) is 1. The normalized spacial score (nSPS) is 14.2. The van der Waals surface area contributed by atoms with Crippen molar-refractivity contribution in [3.63, 3.8) is 0 Å². The third kappa shape index (κ3) is 6.12. The van der Waals surface area contributed by atoms with Gasteiger partial charge in [0.25, 0.3) is 0 Å².